The lowest BCUT2D eigenvalue weighted by atomic mass is 9.95. The minimum atomic E-state index is -0.725. The van der Waals surface area contributed by atoms with E-state index < -0.39 is 5.97 Å². The van der Waals surface area contributed by atoms with Crippen LogP contribution in [-0.2, 0) is 4.79 Å². The quantitative estimate of drug-likeness (QED) is 0.639. The number of carboxylic acid groups (broad SMARTS) is 1. The number of hydrogen-bond acceptors (Lipinski definition) is 2. The van der Waals surface area contributed by atoms with Crippen molar-refractivity contribution >= 4 is 5.97 Å². The fraction of sp³-hybridized carbons (Fsp3) is 0.889. The summed E-state index contributed by atoms with van der Waals surface area (Å²) in [6.45, 7) is 4.21. The van der Waals surface area contributed by atoms with Gasteiger partial charge in [-0.15, -0.1) is 0 Å². The zero-order valence-corrected chi connectivity index (χ0v) is 8.13. The van der Waals surface area contributed by atoms with E-state index in [-0.39, 0.29) is 12.5 Å². The molecule has 0 spiro atoms. The van der Waals surface area contributed by atoms with E-state index in [0.717, 1.165) is 12.8 Å². The van der Waals surface area contributed by atoms with Crippen LogP contribution in [0.4, 0.5) is 0 Å². The van der Waals surface area contributed by atoms with Crippen LogP contribution in [0.25, 0.3) is 0 Å². The molecule has 0 saturated carbocycles. The summed E-state index contributed by atoms with van der Waals surface area (Å²) in [6.07, 6.45) is 2.41. The predicted molar refractivity (Wildman–Crippen MR) is 49.2 cm³/mol. The molecule has 0 heterocycles. The van der Waals surface area contributed by atoms with E-state index in [1.807, 2.05) is 7.05 Å². The molecule has 3 heteroatoms. The van der Waals surface area contributed by atoms with Crippen LogP contribution < -0.4 is 5.32 Å². The maximum atomic E-state index is 10.4. The molecule has 72 valence electrons. The van der Waals surface area contributed by atoms with Crippen molar-refractivity contribution in [3.8, 4) is 0 Å². The Morgan fingerprint density at radius 1 is 1.58 bits per heavy atom. The molecule has 0 aromatic rings. The fourth-order valence-electron chi connectivity index (χ4n) is 1.43. The van der Waals surface area contributed by atoms with Gasteiger partial charge in [0, 0.05) is 6.04 Å². The van der Waals surface area contributed by atoms with Gasteiger partial charge in [-0.1, -0.05) is 20.3 Å². The molecule has 0 fully saturated rings. The lowest BCUT2D eigenvalue weighted by Crippen LogP contribution is -2.34. The van der Waals surface area contributed by atoms with Gasteiger partial charge in [0.2, 0.25) is 0 Å². The van der Waals surface area contributed by atoms with Crippen LogP contribution >= 0.6 is 0 Å². The highest BCUT2D eigenvalue weighted by atomic mass is 16.4. The van der Waals surface area contributed by atoms with Gasteiger partial charge in [-0.3, -0.25) is 4.79 Å². The smallest absolute Gasteiger partial charge is 0.304 e. The minimum Gasteiger partial charge on any atom is -0.481 e. The Balaban J connectivity index is 3.86. The first-order valence-corrected chi connectivity index (χ1v) is 4.50. The lowest BCUT2D eigenvalue weighted by Gasteiger charge is -2.21. The van der Waals surface area contributed by atoms with E-state index in [0.29, 0.717) is 5.92 Å². The van der Waals surface area contributed by atoms with Crippen molar-refractivity contribution in [1.29, 1.82) is 0 Å². The standard InChI is InChI=1S/C9H19NO2/c1-4-5-7(2)8(10-3)6-9(11)12/h7-8,10H,4-6H2,1-3H3,(H,11,12). The Hall–Kier alpha value is -0.570. The van der Waals surface area contributed by atoms with E-state index in [1.54, 1.807) is 0 Å². The number of carbonyl (C=O) groups is 1. The number of rotatable bonds is 6. The van der Waals surface area contributed by atoms with Crippen molar-refractivity contribution in [1.82, 2.24) is 5.32 Å². The minimum absolute atomic E-state index is 0.113. The summed E-state index contributed by atoms with van der Waals surface area (Å²) in [5.41, 5.74) is 0. The molecule has 0 saturated heterocycles. The van der Waals surface area contributed by atoms with E-state index in [2.05, 4.69) is 19.2 Å². The third kappa shape index (κ3) is 4.34. The SMILES string of the molecule is CCCC(C)C(CC(=O)O)NC. The van der Waals surface area contributed by atoms with Crippen LogP contribution in [0.2, 0.25) is 0 Å². The summed E-state index contributed by atoms with van der Waals surface area (Å²) >= 11 is 0. The van der Waals surface area contributed by atoms with Crippen LogP contribution in [0.1, 0.15) is 33.1 Å². The number of hydrogen-bond donors (Lipinski definition) is 2. The molecule has 0 radical (unpaired) electrons. The van der Waals surface area contributed by atoms with Gasteiger partial charge in [0.25, 0.3) is 0 Å². The van der Waals surface area contributed by atoms with Gasteiger partial charge in [-0.25, -0.2) is 0 Å². The summed E-state index contributed by atoms with van der Waals surface area (Å²) in [6, 6.07) is 0.113. The number of nitrogens with one attached hydrogen (secondary N) is 1. The molecule has 0 amide bonds. The van der Waals surface area contributed by atoms with E-state index in [4.69, 9.17) is 5.11 Å². The summed E-state index contributed by atoms with van der Waals surface area (Å²) in [5.74, 6) is -0.284. The molecule has 0 rings (SSSR count). The van der Waals surface area contributed by atoms with Crippen LogP contribution in [-0.4, -0.2) is 24.2 Å². The van der Waals surface area contributed by atoms with Crippen LogP contribution in [0, 0.1) is 5.92 Å². The first-order valence-electron chi connectivity index (χ1n) is 4.50. The Morgan fingerprint density at radius 3 is 2.50 bits per heavy atom. The lowest BCUT2D eigenvalue weighted by molar-refractivity contribution is -0.137. The maximum Gasteiger partial charge on any atom is 0.304 e. The predicted octanol–water partition coefficient (Wildman–Crippen LogP) is 1.49. The first kappa shape index (κ1) is 11.4. The molecule has 2 atom stereocenters. The molecule has 2 N–H and O–H groups in total. The van der Waals surface area contributed by atoms with Gasteiger partial charge in [0.05, 0.1) is 6.42 Å². The second-order valence-electron chi connectivity index (χ2n) is 3.26. The molecular formula is C9H19NO2. The van der Waals surface area contributed by atoms with Crippen LogP contribution in [0.3, 0.4) is 0 Å². The van der Waals surface area contributed by atoms with E-state index >= 15 is 0 Å². The highest BCUT2D eigenvalue weighted by molar-refractivity contribution is 5.67. The monoisotopic (exact) mass is 173 g/mol. The molecule has 2 unspecified atom stereocenters. The van der Waals surface area contributed by atoms with Crippen LogP contribution in [0.5, 0.6) is 0 Å². The van der Waals surface area contributed by atoms with E-state index in [9.17, 15) is 4.79 Å². The van der Waals surface area contributed by atoms with Gasteiger partial charge < -0.3 is 10.4 Å². The molecule has 0 aliphatic rings. The zero-order chi connectivity index (χ0) is 9.56. The zero-order valence-electron chi connectivity index (χ0n) is 8.13. The van der Waals surface area contributed by atoms with Crippen molar-refractivity contribution in [3.63, 3.8) is 0 Å². The third-order valence-corrected chi connectivity index (χ3v) is 2.20. The second-order valence-corrected chi connectivity index (χ2v) is 3.26. The fourth-order valence-corrected chi connectivity index (χ4v) is 1.43. The summed E-state index contributed by atoms with van der Waals surface area (Å²) in [4.78, 5) is 10.4. The largest absolute Gasteiger partial charge is 0.481 e. The van der Waals surface area contributed by atoms with Gasteiger partial charge in [0.1, 0.15) is 0 Å². The number of carboxylic acids is 1. The molecule has 0 aliphatic carbocycles. The molecule has 0 aromatic heterocycles. The summed E-state index contributed by atoms with van der Waals surface area (Å²) in [7, 11) is 1.82. The Morgan fingerprint density at radius 2 is 2.17 bits per heavy atom. The average molecular weight is 173 g/mol. The van der Waals surface area contributed by atoms with Crippen molar-refractivity contribution in [2.75, 3.05) is 7.05 Å². The molecule has 12 heavy (non-hydrogen) atoms. The van der Waals surface area contributed by atoms with Gasteiger partial charge in [-0.05, 0) is 19.4 Å². The Labute approximate surface area is 74.2 Å². The summed E-state index contributed by atoms with van der Waals surface area (Å²) in [5, 5.41) is 11.6. The highest BCUT2D eigenvalue weighted by Crippen LogP contribution is 2.12. The third-order valence-electron chi connectivity index (χ3n) is 2.20. The summed E-state index contributed by atoms with van der Waals surface area (Å²) < 4.78 is 0. The first-order chi connectivity index (χ1) is 5.61. The van der Waals surface area contributed by atoms with Gasteiger partial charge in [-0.2, -0.15) is 0 Å². The molecular weight excluding hydrogens is 154 g/mol. The maximum absolute atomic E-state index is 10.4. The van der Waals surface area contributed by atoms with E-state index in [1.165, 1.54) is 0 Å². The van der Waals surface area contributed by atoms with Crippen LogP contribution in [0.15, 0.2) is 0 Å². The molecule has 0 aromatic carbocycles. The molecule has 0 bridgehead atoms. The van der Waals surface area contributed by atoms with Crippen molar-refractivity contribution < 1.29 is 9.90 Å². The van der Waals surface area contributed by atoms with Gasteiger partial charge >= 0.3 is 5.97 Å². The number of aliphatic carboxylic acids is 1. The highest BCUT2D eigenvalue weighted by Gasteiger charge is 2.17. The second kappa shape index (κ2) is 6.00. The topological polar surface area (TPSA) is 49.3 Å². The van der Waals surface area contributed by atoms with Crippen molar-refractivity contribution in [3.05, 3.63) is 0 Å². The molecule has 3 nitrogen and oxygen atoms in total. The Bertz CT molecular complexity index is 136. The van der Waals surface area contributed by atoms with Crippen molar-refractivity contribution in [2.45, 2.75) is 39.2 Å². The molecule has 0 aliphatic heterocycles. The van der Waals surface area contributed by atoms with Gasteiger partial charge in [0.15, 0.2) is 0 Å². The van der Waals surface area contributed by atoms with Crippen molar-refractivity contribution in [2.24, 2.45) is 5.92 Å². The normalized spacial score (nSPS) is 15.6. The average Bonchev–Trinajstić information content (AvgIpc) is 2.00. The Kier molecular flexibility index (Phi) is 5.72.